The largest absolute Gasteiger partial charge is 0.509 e. The second kappa shape index (κ2) is 16.3. The van der Waals surface area contributed by atoms with E-state index in [0.717, 1.165) is 56.3 Å². The van der Waals surface area contributed by atoms with E-state index < -0.39 is 16.4 Å². The highest BCUT2D eigenvalue weighted by Crippen LogP contribution is 2.89. The summed E-state index contributed by atoms with van der Waals surface area (Å²) < 4.78 is 15.0. The molecule has 20 atom stereocenters. The number of allylic oxidation sites excluding steroid dienone is 4. The number of carbonyl (C=O) groups excluding carboxylic acids is 2. The third-order valence-electron chi connectivity index (χ3n) is 30.0. The van der Waals surface area contributed by atoms with E-state index in [1.165, 1.54) is 134 Å². The van der Waals surface area contributed by atoms with Gasteiger partial charge in [0.2, 0.25) is 0 Å². The third-order valence-corrected chi connectivity index (χ3v) is 30.0. The zero-order chi connectivity index (χ0) is 53.0. The van der Waals surface area contributed by atoms with Crippen LogP contribution < -0.4 is 5.73 Å². The number of nitrogens with zero attached hydrogens (tertiary/aromatic N) is 2. The third kappa shape index (κ3) is 5.37. The molecule has 7 heterocycles. The summed E-state index contributed by atoms with van der Waals surface area (Å²) in [4.78, 5) is 38.7. The van der Waals surface area contributed by atoms with Crippen LogP contribution in [0.4, 0.5) is 0 Å². The molecule has 422 valence electrons. The van der Waals surface area contributed by atoms with Crippen LogP contribution >= 0.6 is 0 Å². The summed E-state index contributed by atoms with van der Waals surface area (Å²) in [7, 11) is 0. The van der Waals surface area contributed by atoms with E-state index >= 15 is 9.59 Å². The summed E-state index contributed by atoms with van der Waals surface area (Å²) in [6.07, 6.45) is 37.5. The molecule has 0 aromatic heterocycles. The highest BCUT2D eigenvalue weighted by Gasteiger charge is 2.94. The van der Waals surface area contributed by atoms with Gasteiger partial charge in [0.1, 0.15) is 11.2 Å². The maximum atomic E-state index is 16.9. The zero-order valence-corrected chi connectivity index (χ0v) is 48.1. The van der Waals surface area contributed by atoms with Gasteiger partial charge in [-0.15, -0.1) is 5.92 Å². The lowest BCUT2D eigenvalue weighted by Crippen LogP contribution is -2.78. The fraction of sp³-hybridized carbons (Fsp3) is 0.750. The SMILES string of the molecule is CC1CC2=C3C4C5=C6C(C=CC(C7CCCC7)CC7C68C(=O)OC(=C(O)CC6C9CC%10(CCCC%10)C%10(CCCC%10%11CCCC%11C#CCC%10C%11CN3C3C(CCC%11C3CN6%10)C2)C9)C8(CC5)C72OC(=O)c3c(CCCN)cccc32)CC14. The van der Waals surface area contributed by atoms with Crippen LogP contribution in [0.15, 0.2) is 64.3 Å². The molecule has 80 heavy (non-hydrogen) atoms. The molecule has 10 fully saturated rings. The number of piperidine rings is 2. The Labute approximate surface area is 476 Å². The normalized spacial score (nSPS) is 49.8. The molecule has 20 unspecified atom stereocenters. The van der Waals surface area contributed by atoms with Gasteiger partial charge >= 0.3 is 11.9 Å². The summed E-state index contributed by atoms with van der Waals surface area (Å²) >= 11 is 0. The maximum absolute atomic E-state index is 16.9. The average molecular weight is 1080 g/mol. The van der Waals surface area contributed by atoms with Crippen molar-refractivity contribution < 1.29 is 24.2 Å². The Morgan fingerprint density at radius 2 is 1.69 bits per heavy atom. The van der Waals surface area contributed by atoms with E-state index in [9.17, 15) is 5.11 Å². The molecule has 8 nitrogen and oxygen atoms in total. The number of rotatable bonds is 4. The Morgan fingerprint density at radius 1 is 0.812 bits per heavy atom. The minimum atomic E-state index is -1.16. The number of hydrogen-bond donors (Lipinski definition) is 2. The van der Waals surface area contributed by atoms with Crippen LogP contribution in [0.1, 0.15) is 202 Å². The number of fused-ring (bicyclic) bond motifs is 7. The smallest absolute Gasteiger partial charge is 0.339 e. The van der Waals surface area contributed by atoms with Crippen molar-refractivity contribution >= 4 is 11.9 Å². The van der Waals surface area contributed by atoms with Crippen LogP contribution in [0.2, 0.25) is 0 Å². The molecule has 7 aliphatic heterocycles. The van der Waals surface area contributed by atoms with Crippen LogP contribution in [-0.4, -0.2) is 64.6 Å². The number of hydrogen-bond acceptors (Lipinski definition) is 8. The van der Waals surface area contributed by atoms with Gasteiger partial charge in [-0.05, 0) is 227 Å². The molecule has 3 saturated heterocycles. The minimum absolute atomic E-state index is 0.0943. The number of ether oxygens (including phenoxy) is 2. The first-order chi connectivity index (χ1) is 39.1. The fourth-order valence-electron chi connectivity index (χ4n) is 28.1. The monoisotopic (exact) mass is 1080 g/mol. The zero-order valence-electron chi connectivity index (χ0n) is 48.1. The first-order valence-corrected chi connectivity index (χ1v) is 34.0. The molecule has 8 heteroatoms. The van der Waals surface area contributed by atoms with Crippen molar-refractivity contribution in [3.8, 4) is 11.8 Å². The lowest BCUT2D eigenvalue weighted by atomic mass is 9.27. The number of benzene rings is 1. The number of aliphatic hydroxyl groups excluding tert-OH is 1. The molecule has 1 aromatic rings. The van der Waals surface area contributed by atoms with Crippen molar-refractivity contribution in [3.05, 3.63) is 81.0 Å². The average Bonchev–Trinajstić information content (AvgIpc) is 2.37. The summed E-state index contributed by atoms with van der Waals surface area (Å²) in [5, 5.41) is 14.4. The molecule has 19 rings (SSSR count). The molecular formula is C72H89N3O5. The highest BCUT2D eigenvalue weighted by molar-refractivity contribution is 6.00. The first-order valence-electron chi connectivity index (χ1n) is 34.0. The van der Waals surface area contributed by atoms with Crippen molar-refractivity contribution in [2.45, 2.75) is 210 Å². The Kier molecular flexibility index (Phi) is 9.92. The molecule has 0 amide bonds. The predicted molar refractivity (Wildman–Crippen MR) is 306 cm³/mol. The number of aliphatic hydroxyl groups is 1. The Hall–Kier alpha value is -3.80. The van der Waals surface area contributed by atoms with E-state index in [4.69, 9.17) is 15.2 Å². The lowest BCUT2D eigenvalue weighted by molar-refractivity contribution is -0.282. The van der Waals surface area contributed by atoms with E-state index in [0.29, 0.717) is 119 Å². The van der Waals surface area contributed by atoms with Crippen molar-refractivity contribution in [1.82, 2.24) is 9.80 Å². The van der Waals surface area contributed by atoms with Crippen molar-refractivity contribution in [3.63, 3.8) is 0 Å². The topological polar surface area (TPSA) is 105 Å². The molecular weight excluding hydrogens is 987 g/mol. The molecule has 1 aromatic carbocycles. The number of esters is 2. The van der Waals surface area contributed by atoms with Gasteiger partial charge in [0, 0.05) is 73.1 Å². The molecule has 3 N–H and O–H groups in total. The summed E-state index contributed by atoms with van der Waals surface area (Å²) in [6, 6.07) is 7.49. The Balaban J connectivity index is 0.895. The van der Waals surface area contributed by atoms with Gasteiger partial charge in [0.15, 0.2) is 11.4 Å². The van der Waals surface area contributed by atoms with Gasteiger partial charge in [-0.2, -0.15) is 0 Å². The summed E-state index contributed by atoms with van der Waals surface area (Å²) in [5.74, 6) is 14.3. The second-order valence-corrected chi connectivity index (χ2v) is 31.6. The first kappa shape index (κ1) is 48.6. The van der Waals surface area contributed by atoms with Crippen LogP contribution in [0.3, 0.4) is 0 Å². The number of aryl methyl sites for hydroxylation is 1. The van der Waals surface area contributed by atoms with Crippen molar-refractivity contribution in [2.75, 3.05) is 19.6 Å². The molecule has 11 aliphatic carbocycles. The fourth-order valence-corrected chi connectivity index (χ4v) is 28.1. The lowest BCUT2D eigenvalue weighted by Gasteiger charge is -2.73. The maximum Gasteiger partial charge on any atom is 0.339 e. The Bertz CT molecular complexity index is 3140. The van der Waals surface area contributed by atoms with Gasteiger partial charge in [-0.25, -0.2) is 4.79 Å². The van der Waals surface area contributed by atoms with Gasteiger partial charge in [-0.1, -0.05) is 87.3 Å². The minimum Gasteiger partial charge on any atom is -0.509 e. The highest BCUT2D eigenvalue weighted by atomic mass is 16.6. The van der Waals surface area contributed by atoms with Crippen LogP contribution in [0, 0.1) is 116 Å². The van der Waals surface area contributed by atoms with E-state index in [2.05, 4.69) is 58.9 Å². The number of carbonyl (C=O) groups is 2. The molecule has 0 radical (unpaired) electrons. The van der Waals surface area contributed by atoms with Gasteiger partial charge in [-0.3, -0.25) is 9.69 Å². The van der Waals surface area contributed by atoms with E-state index in [1.54, 1.807) is 16.8 Å². The summed E-state index contributed by atoms with van der Waals surface area (Å²) in [6.45, 7) is 5.39. The van der Waals surface area contributed by atoms with Crippen LogP contribution in [0.5, 0.6) is 0 Å². The standard InChI is InChI=1S/C72H89N3O5/c1-40-31-46-32-45-21-22-49-52-38-75-62(45)53(49)39-74-55(52)18-7-15-48-16-8-26-68(48)27-10-28-69(68)37-47(36-67(69)24-4-5-25-67)56(74)35-57(76)64-70-29-23-50-60(63(46)75)51(40)33-44-20-19-43(41-11-2-3-12-41)34-58(71(70,61(44)50)66(78)79-64)72(70)54-17-6-13-42(14-9-30-73)59(54)65(77)80-72/h6,13,17,19-20,40-41,43-45,47-49,51-53,55-56,58,60,62,76H,2-5,8-12,14,16,18,21-39,73H2,1H3. The van der Waals surface area contributed by atoms with E-state index in [1.807, 2.05) is 0 Å². The molecule has 6 spiro atoms. The Morgan fingerprint density at radius 3 is 2.56 bits per heavy atom. The molecule has 7 saturated carbocycles. The summed E-state index contributed by atoms with van der Waals surface area (Å²) in [5.41, 5.74) is 12.9. The van der Waals surface area contributed by atoms with Crippen molar-refractivity contribution in [2.24, 2.45) is 110 Å². The van der Waals surface area contributed by atoms with Crippen LogP contribution in [0.25, 0.3) is 0 Å². The van der Waals surface area contributed by atoms with E-state index in [-0.39, 0.29) is 47.1 Å². The van der Waals surface area contributed by atoms with Crippen molar-refractivity contribution in [1.29, 1.82) is 0 Å². The van der Waals surface area contributed by atoms with Gasteiger partial charge in [0.25, 0.3) is 0 Å². The quantitative estimate of drug-likeness (QED) is 0.175. The second-order valence-electron chi connectivity index (χ2n) is 31.6. The molecule has 11 bridgehead atoms. The predicted octanol–water partition coefficient (Wildman–Crippen LogP) is 13.4. The van der Waals surface area contributed by atoms with Crippen LogP contribution in [-0.2, 0) is 26.3 Å². The molecule has 18 aliphatic rings. The van der Waals surface area contributed by atoms with Gasteiger partial charge in [0.05, 0.1) is 11.0 Å². The van der Waals surface area contributed by atoms with Gasteiger partial charge < -0.3 is 25.2 Å². The number of nitrogens with two attached hydrogens (primary N) is 1.